The van der Waals surface area contributed by atoms with Gasteiger partial charge in [-0.25, -0.2) is 31.5 Å². The molecule has 3 aromatic heterocycles. The van der Waals surface area contributed by atoms with E-state index in [1.807, 2.05) is 18.2 Å². The van der Waals surface area contributed by atoms with Crippen LogP contribution in [-0.4, -0.2) is 81.6 Å². The topological polar surface area (TPSA) is 155 Å². The molecule has 15 heteroatoms. The molecule has 7 rings (SSSR count). The number of hydrogen-bond acceptors (Lipinski definition) is 10. The van der Waals surface area contributed by atoms with Crippen molar-refractivity contribution in [1.29, 1.82) is 0 Å². The van der Waals surface area contributed by atoms with Crippen LogP contribution in [0.25, 0.3) is 16.6 Å². The molecule has 2 aliphatic rings. The molecule has 1 aliphatic carbocycles. The number of anilines is 1. The number of aromatic amines is 1. The van der Waals surface area contributed by atoms with Crippen LogP contribution >= 0.6 is 11.6 Å². The predicted octanol–water partition coefficient (Wildman–Crippen LogP) is 7.02. The monoisotopic (exact) mass is 802 g/mol. The second kappa shape index (κ2) is 15.1. The number of hydrogen-bond donors (Lipinski definition) is 2. The Bertz CT molecular complexity index is 2530. The smallest absolute Gasteiger partial charge is 0.283 e. The molecule has 2 N–H and O–H groups in total. The number of carbonyl (C=O) groups is 1. The molecule has 1 saturated heterocycles. The SMILES string of the molecule is Cc1cc(S(C)(=O)=O)cc(C(=O)NS(=O)(=O)c2ccc(N3CCN(CC4=C(c5ccc(Cl)cc5)CC(C)(C)CC4)CC3)cc2Oc2cnc3[nH]ccc3c2)n1. The minimum atomic E-state index is -4.54. The summed E-state index contributed by atoms with van der Waals surface area (Å²) < 4.78 is 60.4. The first-order valence-electron chi connectivity index (χ1n) is 18.0. The van der Waals surface area contributed by atoms with Crippen molar-refractivity contribution in [3.05, 3.63) is 107 Å². The average Bonchev–Trinajstić information content (AvgIpc) is 3.60. The first-order valence-corrected chi connectivity index (χ1v) is 21.7. The van der Waals surface area contributed by atoms with Gasteiger partial charge in [-0.05, 0) is 91.3 Å². The second-order valence-corrected chi connectivity index (χ2v) is 19.2. The van der Waals surface area contributed by atoms with E-state index >= 15 is 0 Å². The summed E-state index contributed by atoms with van der Waals surface area (Å²) in [5.41, 5.74) is 5.61. The normalized spacial score (nSPS) is 16.7. The molecule has 288 valence electrons. The van der Waals surface area contributed by atoms with Crippen molar-refractivity contribution in [3.63, 3.8) is 0 Å². The average molecular weight is 803 g/mol. The number of H-pyrrole nitrogens is 1. The molecular weight excluding hydrogens is 760 g/mol. The number of benzene rings is 2. The number of aryl methyl sites for hydroxylation is 1. The van der Waals surface area contributed by atoms with Gasteiger partial charge in [0.15, 0.2) is 9.84 Å². The minimum Gasteiger partial charge on any atom is -0.454 e. The minimum absolute atomic E-state index is 0.00600. The van der Waals surface area contributed by atoms with Crippen LogP contribution in [0.1, 0.15) is 54.9 Å². The molecule has 1 aliphatic heterocycles. The first kappa shape index (κ1) is 38.5. The van der Waals surface area contributed by atoms with Crippen LogP contribution in [0, 0.1) is 12.3 Å². The van der Waals surface area contributed by atoms with Gasteiger partial charge in [0.1, 0.15) is 27.7 Å². The van der Waals surface area contributed by atoms with E-state index in [0.717, 1.165) is 67.3 Å². The van der Waals surface area contributed by atoms with Crippen LogP contribution in [0.5, 0.6) is 11.5 Å². The Morgan fingerprint density at radius 2 is 1.73 bits per heavy atom. The zero-order valence-corrected chi connectivity index (χ0v) is 33.5. The number of nitrogens with zero attached hydrogens (tertiary/aromatic N) is 4. The number of aromatic nitrogens is 3. The number of sulfone groups is 1. The number of sulfonamides is 1. The first-order chi connectivity index (χ1) is 26.0. The Balaban J connectivity index is 1.13. The van der Waals surface area contributed by atoms with Gasteiger partial charge in [-0.1, -0.05) is 43.2 Å². The molecule has 2 aromatic carbocycles. The fourth-order valence-corrected chi connectivity index (χ4v) is 9.10. The highest BCUT2D eigenvalue weighted by Crippen LogP contribution is 2.43. The van der Waals surface area contributed by atoms with E-state index in [-0.39, 0.29) is 32.3 Å². The number of rotatable bonds is 10. The van der Waals surface area contributed by atoms with Crippen molar-refractivity contribution < 1.29 is 26.4 Å². The number of piperazine rings is 1. The van der Waals surface area contributed by atoms with Crippen molar-refractivity contribution in [2.45, 2.75) is 49.8 Å². The Morgan fingerprint density at radius 1 is 0.982 bits per heavy atom. The lowest BCUT2D eigenvalue weighted by atomic mass is 9.72. The lowest BCUT2D eigenvalue weighted by Crippen LogP contribution is -2.47. The number of amides is 1. The standard InChI is InChI=1S/C40H43ClN6O6S2/c1-26-19-33(54(4,49)50)22-35(44-26)39(48)45-55(51,52)37-10-9-31(21-36(37)53-32-20-28-12-14-42-38(28)43-24-32)47-17-15-46(16-18-47)25-29-11-13-40(2,3)23-34(29)27-5-7-30(41)8-6-27/h5-10,12,14,19-22,24H,11,13,15-18,23,25H2,1-4H3,(H,42,43)(H,45,48). The number of fused-ring (bicyclic) bond motifs is 1. The van der Waals surface area contributed by atoms with Crippen molar-refractivity contribution in [2.24, 2.45) is 5.41 Å². The molecule has 1 amide bonds. The molecule has 0 atom stereocenters. The molecular formula is C40H43ClN6O6S2. The van der Waals surface area contributed by atoms with Gasteiger partial charge >= 0.3 is 0 Å². The van der Waals surface area contributed by atoms with Crippen molar-refractivity contribution >= 4 is 59.7 Å². The highest BCUT2D eigenvalue weighted by atomic mass is 35.5. The van der Waals surface area contributed by atoms with Crippen LogP contribution in [0.2, 0.25) is 5.02 Å². The Morgan fingerprint density at radius 3 is 2.45 bits per heavy atom. The van der Waals surface area contributed by atoms with Crippen LogP contribution in [0.4, 0.5) is 5.69 Å². The summed E-state index contributed by atoms with van der Waals surface area (Å²) in [5.74, 6) is -0.782. The summed E-state index contributed by atoms with van der Waals surface area (Å²) >= 11 is 6.22. The van der Waals surface area contributed by atoms with Crippen molar-refractivity contribution in [3.8, 4) is 11.5 Å². The van der Waals surface area contributed by atoms with Gasteiger partial charge in [-0.2, -0.15) is 0 Å². The number of nitrogens with one attached hydrogen (secondary N) is 2. The fraction of sp³-hybridized carbons (Fsp3) is 0.325. The van der Waals surface area contributed by atoms with Gasteiger partial charge in [0.2, 0.25) is 0 Å². The molecule has 4 heterocycles. The molecule has 0 unspecified atom stereocenters. The summed E-state index contributed by atoms with van der Waals surface area (Å²) in [6, 6.07) is 18.8. The summed E-state index contributed by atoms with van der Waals surface area (Å²) in [6.07, 6.45) is 7.42. The van der Waals surface area contributed by atoms with E-state index in [1.165, 1.54) is 42.0 Å². The third kappa shape index (κ3) is 8.88. The molecule has 5 aromatic rings. The maximum Gasteiger partial charge on any atom is 0.283 e. The quantitative estimate of drug-likeness (QED) is 0.151. The number of allylic oxidation sites excluding steroid dienone is 1. The van der Waals surface area contributed by atoms with Crippen LogP contribution in [-0.2, 0) is 19.9 Å². The fourth-order valence-electron chi connectivity index (χ4n) is 7.19. The highest BCUT2D eigenvalue weighted by molar-refractivity contribution is 7.90. The second-order valence-electron chi connectivity index (χ2n) is 15.0. The van der Waals surface area contributed by atoms with Gasteiger partial charge < -0.3 is 14.6 Å². The van der Waals surface area contributed by atoms with Gasteiger partial charge in [0.25, 0.3) is 15.9 Å². The zero-order valence-electron chi connectivity index (χ0n) is 31.1. The van der Waals surface area contributed by atoms with Crippen molar-refractivity contribution in [2.75, 3.05) is 43.9 Å². The molecule has 1 fully saturated rings. The largest absolute Gasteiger partial charge is 0.454 e. The number of carbonyl (C=O) groups excluding carboxylic acids is 1. The van der Waals surface area contributed by atoms with Gasteiger partial charge in [-0.3, -0.25) is 9.69 Å². The van der Waals surface area contributed by atoms with E-state index in [4.69, 9.17) is 16.3 Å². The molecule has 0 spiro atoms. The van der Waals surface area contributed by atoms with E-state index in [0.29, 0.717) is 24.5 Å². The summed E-state index contributed by atoms with van der Waals surface area (Å²) in [7, 11) is -8.23. The van der Waals surface area contributed by atoms with E-state index < -0.39 is 25.8 Å². The van der Waals surface area contributed by atoms with E-state index in [1.54, 1.807) is 24.4 Å². The predicted molar refractivity (Wildman–Crippen MR) is 214 cm³/mol. The Hall–Kier alpha value is -4.76. The number of pyridine rings is 2. The summed E-state index contributed by atoms with van der Waals surface area (Å²) in [6.45, 7) is 10.1. The number of ether oxygens (including phenoxy) is 1. The van der Waals surface area contributed by atoms with Gasteiger partial charge in [0, 0.05) is 73.0 Å². The van der Waals surface area contributed by atoms with Crippen LogP contribution < -0.4 is 14.4 Å². The van der Waals surface area contributed by atoms with E-state index in [9.17, 15) is 21.6 Å². The van der Waals surface area contributed by atoms with E-state index in [2.05, 4.69) is 55.5 Å². The van der Waals surface area contributed by atoms with Crippen molar-refractivity contribution in [1.82, 2.24) is 24.6 Å². The molecule has 0 bridgehead atoms. The summed E-state index contributed by atoms with van der Waals surface area (Å²) in [5, 5.41) is 1.49. The molecule has 55 heavy (non-hydrogen) atoms. The molecule has 0 radical (unpaired) electrons. The maximum absolute atomic E-state index is 13.9. The summed E-state index contributed by atoms with van der Waals surface area (Å²) in [4.78, 5) is 29.0. The lowest BCUT2D eigenvalue weighted by Gasteiger charge is -2.39. The van der Waals surface area contributed by atoms with Gasteiger partial charge in [-0.15, -0.1) is 0 Å². The lowest BCUT2D eigenvalue weighted by molar-refractivity contribution is 0.0976. The van der Waals surface area contributed by atoms with Crippen LogP contribution in [0.3, 0.4) is 0 Å². The Labute approximate surface area is 326 Å². The highest BCUT2D eigenvalue weighted by Gasteiger charge is 2.30. The maximum atomic E-state index is 13.9. The van der Waals surface area contributed by atoms with Crippen LogP contribution in [0.15, 0.2) is 94.5 Å². The zero-order chi connectivity index (χ0) is 39.1. The molecule has 0 saturated carbocycles. The van der Waals surface area contributed by atoms with Gasteiger partial charge in [0.05, 0.1) is 11.1 Å². The third-order valence-electron chi connectivity index (χ3n) is 10.2. The number of halogens is 1. The third-order valence-corrected chi connectivity index (χ3v) is 12.9. The Kier molecular flexibility index (Phi) is 10.5. The molecule has 12 nitrogen and oxygen atoms in total.